The first-order chi connectivity index (χ1) is 15.6. The van der Waals surface area contributed by atoms with Crippen molar-refractivity contribution >= 4 is 35.3 Å². The van der Waals surface area contributed by atoms with Crippen LogP contribution in [0.25, 0.3) is 6.08 Å². The van der Waals surface area contributed by atoms with Gasteiger partial charge in [0.15, 0.2) is 0 Å². The summed E-state index contributed by atoms with van der Waals surface area (Å²) in [5.41, 5.74) is 5.44. The largest absolute Gasteiger partial charge is 0.336 e. The minimum atomic E-state index is -0.125. The highest BCUT2D eigenvalue weighted by molar-refractivity contribution is 8.04. The van der Waals surface area contributed by atoms with E-state index in [4.69, 9.17) is 0 Å². The number of carbonyl (C=O) groups excluding carboxylic acids is 2. The van der Waals surface area contributed by atoms with E-state index in [0.717, 1.165) is 22.6 Å². The number of hydrogen-bond acceptors (Lipinski definition) is 3. The number of fused-ring (bicyclic) bond motifs is 2. The molecule has 0 saturated carbocycles. The highest BCUT2D eigenvalue weighted by Gasteiger charge is 2.32. The van der Waals surface area contributed by atoms with Gasteiger partial charge < -0.3 is 4.90 Å². The maximum absolute atomic E-state index is 13.4. The molecule has 2 amide bonds. The molecule has 0 spiro atoms. The molecule has 3 aromatic rings. The van der Waals surface area contributed by atoms with Crippen LogP contribution in [0.1, 0.15) is 22.3 Å². The van der Waals surface area contributed by atoms with E-state index in [2.05, 4.69) is 12.1 Å². The number of anilines is 1. The van der Waals surface area contributed by atoms with Gasteiger partial charge in [-0.3, -0.25) is 14.5 Å². The van der Waals surface area contributed by atoms with Crippen LogP contribution in [0.5, 0.6) is 0 Å². The third kappa shape index (κ3) is 4.08. The van der Waals surface area contributed by atoms with Crippen molar-refractivity contribution in [2.24, 2.45) is 0 Å². The van der Waals surface area contributed by atoms with Crippen LogP contribution in [0, 0.1) is 6.92 Å². The molecule has 0 atom stereocenters. The molecule has 2 heterocycles. The van der Waals surface area contributed by atoms with Crippen molar-refractivity contribution in [1.29, 1.82) is 0 Å². The quantitative estimate of drug-likeness (QED) is 0.535. The number of thioether (sulfide) groups is 1. The summed E-state index contributed by atoms with van der Waals surface area (Å²) in [4.78, 5) is 31.8. The van der Waals surface area contributed by atoms with Crippen LogP contribution in [0.3, 0.4) is 0 Å². The summed E-state index contributed by atoms with van der Waals surface area (Å²) in [7, 11) is 0. The Morgan fingerprint density at radius 2 is 1.69 bits per heavy atom. The maximum atomic E-state index is 13.4. The molecule has 0 unspecified atom stereocenters. The smallest absolute Gasteiger partial charge is 0.265 e. The predicted molar refractivity (Wildman–Crippen MR) is 129 cm³/mol. The van der Waals surface area contributed by atoms with Crippen molar-refractivity contribution in [2.45, 2.75) is 24.8 Å². The Kier molecular flexibility index (Phi) is 5.58. The second kappa shape index (κ2) is 8.67. The minimum Gasteiger partial charge on any atom is -0.336 e. The van der Waals surface area contributed by atoms with E-state index < -0.39 is 0 Å². The highest BCUT2D eigenvalue weighted by Crippen LogP contribution is 2.42. The number of carbonyl (C=O) groups is 2. The van der Waals surface area contributed by atoms with Gasteiger partial charge in [0.1, 0.15) is 6.54 Å². The number of nitrogens with zero attached hydrogens (tertiary/aromatic N) is 2. The third-order valence-electron chi connectivity index (χ3n) is 5.98. The van der Waals surface area contributed by atoms with Crippen LogP contribution in [0.15, 0.2) is 82.6 Å². The normalized spacial score (nSPS) is 16.7. The van der Waals surface area contributed by atoms with Gasteiger partial charge in [-0.1, -0.05) is 78.0 Å². The van der Waals surface area contributed by atoms with Crippen LogP contribution >= 0.6 is 11.8 Å². The predicted octanol–water partition coefficient (Wildman–Crippen LogP) is 5.06. The Morgan fingerprint density at radius 1 is 0.969 bits per heavy atom. The van der Waals surface area contributed by atoms with Gasteiger partial charge in [-0.25, -0.2) is 0 Å². The van der Waals surface area contributed by atoms with E-state index in [0.29, 0.717) is 18.0 Å². The number of rotatable bonds is 3. The molecule has 0 saturated heterocycles. The lowest BCUT2D eigenvalue weighted by atomic mass is 10.00. The zero-order valence-electron chi connectivity index (χ0n) is 18.0. The molecule has 5 rings (SSSR count). The van der Waals surface area contributed by atoms with E-state index in [9.17, 15) is 9.59 Å². The Hall–Kier alpha value is -3.31. The van der Waals surface area contributed by atoms with Gasteiger partial charge in [0.25, 0.3) is 5.91 Å². The lowest BCUT2D eigenvalue weighted by Crippen LogP contribution is -2.45. The van der Waals surface area contributed by atoms with Gasteiger partial charge in [-0.2, -0.15) is 0 Å². The lowest BCUT2D eigenvalue weighted by Gasteiger charge is -2.34. The number of amides is 2. The highest BCUT2D eigenvalue weighted by atomic mass is 32.2. The standard InChI is InChI=1S/C27H24N2O2S/c1-19-10-12-20(13-11-19)16-25-27(31)29(23-8-4-5-9-24(23)32-25)18-26(30)28-15-14-21-6-2-3-7-22(21)17-28/h2-13,16H,14-15,17-18H2,1H3/b25-16+. The molecule has 32 heavy (non-hydrogen) atoms. The van der Waals surface area contributed by atoms with Gasteiger partial charge in [0, 0.05) is 18.0 Å². The summed E-state index contributed by atoms with van der Waals surface area (Å²) < 4.78 is 0. The van der Waals surface area contributed by atoms with Gasteiger partial charge in [0.05, 0.1) is 10.6 Å². The summed E-state index contributed by atoms with van der Waals surface area (Å²) >= 11 is 1.47. The van der Waals surface area contributed by atoms with Crippen molar-refractivity contribution in [2.75, 3.05) is 18.0 Å². The van der Waals surface area contributed by atoms with E-state index in [1.54, 1.807) is 4.90 Å². The molecule has 160 valence electrons. The summed E-state index contributed by atoms with van der Waals surface area (Å²) in [6.07, 6.45) is 2.76. The van der Waals surface area contributed by atoms with Crippen LogP contribution in [0.4, 0.5) is 5.69 Å². The molecule has 0 aromatic heterocycles. The Bertz CT molecular complexity index is 1220. The SMILES string of the molecule is Cc1ccc(/C=C2/Sc3ccccc3N(CC(=O)N3CCc4ccccc4C3)C2=O)cc1. The fourth-order valence-electron chi connectivity index (χ4n) is 4.18. The van der Waals surface area contributed by atoms with Gasteiger partial charge in [0.2, 0.25) is 5.91 Å². The number of benzene rings is 3. The molecule has 2 aliphatic rings. The van der Waals surface area contributed by atoms with Gasteiger partial charge in [-0.05, 0) is 48.2 Å². The van der Waals surface area contributed by atoms with Crippen LogP contribution < -0.4 is 4.90 Å². The van der Waals surface area contributed by atoms with Crippen LogP contribution in [-0.2, 0) is 22.6 Å². The van der Waals surface area contributed by atoms with Crippen LogP contribution in [-0.4, -0.2) is 29.8 Å². The fourth-order valence-corrected chi connectivity index (χ4v) is 5.24. The molecule has 5 heteroatoms. The average molecular weight is 441 g/mol. The molecule has 0 N–H and O–H groups in total. The van der Waals surface area contributed by atoms with Crippen molar-refractivity contribution in [1.82, 2.24) is 4.90 Å². The zero-order chi connectivity index (χ0) is 22.1. The van der Waals surface area contributed by atoms with E-state index in [1.807, 2.05) is 78.6 Å². The lowest BCUT2D eigenvalue weighted by molar-refractivity contribution is -0.131. The summed E-state index contributed by atoms with van der Waals surface area (Å²) in [6, 6.07) is 24.1. The van der Waals surface area contributed by atoms with E-state index >= 15 is 0 Å². The molecular formula is C27H24N2O2S. The fraction of sp³-hybridized carbons (Fsp3) is 0.185. The molecular weight excluding hydrogens is 416 g/mol. The molecule has 2 aliphatic heterocycles. The third-order valence-corrected chi connectivity index (χ3v) is 7.06. The average Bonchev–Trinajstić information content (AvgIpc) is 2.82. The molecule has 0 aliphatic carbocycles. The maximum Gasteiger partial charge on any atom is 0.265 e. The molecule has 4 nitrogen and oxygen atoms in total. The van der Waals surface area contributed by atoms with Gasteiger partial charge in [-0.15, -0.1) is 0 Å². The van der Waals surface area contributed by atoms with E-state index in [1.165, 1.54) is 28.5 Å². The first kappa shape index (κ1) is 20.6. The Balaban J connectivity index is 1.41. The molecule has 0 radical (unpaired) electrons. The second-order valence-electron chi connectivity index (χ2n) is 8.21. The first-order valence-electron chi connectivity index (χ1n) is 10.8. The van der Waals surface area contributed by atoms with Gasteiger partial charge >= 0.3 is 0 Å². The Morgan fingerprint density at radius 3 is 2.50 bits per heavy atom. The van der Waals surface area contributed by atoms with Crippen molar-refractivity contribution < 1.29 is 9.59 Å². The summed E-state index contributed by atoms with van der Waals surface area (Å²) in [6.45, 7) is 3.36. The monoisotopic (exact) mass is 440 g/mol. The van der Waals surface area contributed by atoms with Crippen molar-refractivity contribution in [3.63, 3.8) is 0 Å². The van der Waals surface area contributed by atoms with Crippen molar-refractivity contribution in [3.05, 3.63) is 100.0 Å². The van der Waals surface area contributed by atoms with E-state index in [-0.39, 0.29) is 18.4 Å². The first-order valence-corrected chi connectivity index (χ1v) is 11.6. The number of para-hydroxylation sites is 1. The molecule has 3 aromatic carbocycles. The van der Waals surface area contributed by atoms with Crippen molar-refractivity contribution in [3.8, 4) is 0 Å². The number of hydrogen-bond donors (Lipinski definition) is 0. The minimum absolute atomic E-state index is 0.0238. The molecule has 0 fully saturated rings. The molecule has 0 bridgehead atoms. The summed E-state index contributed by atoms with van der Waals surface area (Å²) in [5, 5.41) is 0. The topological polar surface area (TPSA) is 40.6 Å². The van der Waals surface area contributed by atoms with Crippen LogP contribution in [0.2, 0.25) is 0 Å². The Labute approximate surface area is 192 Å². The summed E-state index contributed by atoms with van der Waals surface area (Å²) in [5.74, 6) is -0.149. The number of aryl methyl sites for hydroxylation is 1. The second-order valence-corrected chi connectivity index (χ2v) is 9.30. The zero-order valence-corrected chi connectivity index (χ0v) is 18.8.